The average molecular weight is 319 g/mol. The number of benzene rings is 2. The van der Waals surface area contributed by atoms with Crippen LogP contribution in [0.5, 0.6) is 5.75 Å². The summed E-state index contributed by atoms with van der Waals surface area (Å²) in [5, 5.41) is 12.9. The van der Waals surface area contributed by atoms with Crippen LogP contribution in [0.2, 0.25) is 0 Å². The van der Waals surface area contributed by atoms with Gasteiger partial charge in [0.2, 0.25) is 5.95 Å². The molecule has 4 rings (SSSR count). The van der Waals surface area contributed by atoms with Crippen molar-refractivity contribution in [1.29, 1.82) is 0 Å². The highest BCUT2D eigenvalue weighted by Gasteiger charge is 2.32. The number of rotatable bonds is 2. The number of carbonyl (C=O) groups excluding carboxylic acids is 1. The minimum absolute atomic E-state index is 0.0153. The van der Waals surface area contributed by atoms with Crippen molar-refractivity contribution >= 4 is 22.8 Å². The number of hydrogen-bond donors (Lipinski definition) is 2. The van der Waals surface area contributed by atoms with E-state index in [0.29, 0.717) is 5.57 Å². The number of aromatic nitrogens is 2. The predicted molar refractivity (Wildman–Crippen MR) is 93.0 cm³/mol. The summed E-state index contributed by atoms with van der Waals surface area (Å²) in [6.07, 6.45) is 0. The standard InChI is InChI=1S/C19H17N3O2/c1-11-17(12(2)23)18(13-7-9-14(24)10-8-13)22-16-6-4-3-5-15(16)21-19(22)20-11/h3-10,18,24H,1-2H3,(H,20,21). The van der Waals surface area contributed by atoms with Crippen LogP contribution in [0.15, 0.2) is 59.8 Å². The Morgan fingerprint density at radius 3 is 2.58 bits per heavy atom. The molecular weight excluding hydrogens is 302 g/mol. The molecular formula is C19H17N3O2. The molecule has 2 aromatic carbocycles. The zero-order chi connectivity index (χ0) is 16.8. The lowest BCUT2D eigenvalue weighted by molar-refractivity contribution is -0.114. The molecule has 3 aromatic rings. The monoisotopic (exact) mass is 319 g/mol. The molecule has 0 amide bonds. The molecule has 0 fully saturated rings. The summed E-state index contributed by atoms with van der Waals surface area (Å²) in [7, 11) is 0. The topological polar surface area (TPSA) is 67.2 Å². The highest BCUT2D eigenvalue weighted by atomic mass is 16.3. The maximum Gasteiger partial charge on any atom is 0.209 e. The number of nitrogens with zero attached hydrogens (tertiary/aromatic N) is 2. The predicted octanol–water partition coefficient (Wildman–Crippen LogP) is 3.62. The Balaban J connectivity index is 2.03. The van der Waals surface area contributed by atoms with E-state index in [0.717, 1.165) is 28.2 Å². The van der Waals surface area contributed by atoms with Gasteiger partial charge in [0.05, 0.1) is 17.1 Å². The van der Waals surface area contributed by atoms with Crippen LogP contribution in [-0.2, 0) is 4.79 Å². The number of phenolic OH excluding ortho intramolecular Hbond substituents is 1. The number of Topliss-reactive ketones (excluding diaryl/α,β-unsaturated/α-hetero) is 1. The van der Waals surface area contributed by atoms with Gasteiger partial charge in [-0.15, -0.1) is 0 Å². The molecule has 0 aliphatic carbocycles. The maximum absolute atomic E-state index is 12.3. The molecule has 0 radical (unpaired) electrons. The normalized spacial score (nSPS) is 16.8. The van der Waals surface area contributed by atoms with Crippen LogP contribution in [-0.4, -0.2) is 20.4 Å². The lowest BCUT2D eigenvalue weighted by Crippen LogP contribution is -2.26. The first-order valence-corrected chi connectivity index (χ1v) is 7.81. The molecule has 1 atom stereocenters. The summed E-state index contributed by atoms with van der Waals surface area (Å²) in [5.74, 6) is 0.937. The lowest BCUT2D eigenvalue weighted by atomic mass is 9.92. The van der Waals surface area contributed by atoms with Crippen molar-refractivity contribution in [3.8, 4) is 5.75 Å². The van der Waals surface area contributed by atoms with E-state index in [9.17, 15) is 9.90 Å². The minimum Gasteiger partial charge on any atom is -0.508 e. The second-order valence-corrected chi connectivity index (χ2v) is 6.01. The summed E-state index contributed by atoms with van der Waals surface area (Å²) in [6, 6.07) is 14.6. The highest BCUT2D eigenvalue weighted by Crippen LogP contribution is 2.39. The number of fused-ring (bicyclic) bond motifs is 3. The summed E-state index contributed by atoms with van der Waals surface area (Å²) >= 11 is 0. The van der Waals surface area contributed by atoms with Gasteiger partial charge in [0, 0.05) is 11.3 Å². The molecule has 5 heteroatoms. The molecule has 1 aliphatic heterocycles. The SMILES string of the molecule is CC(=O)C1=C(C)Nc2nc3ccccc3n2C1c1ccc(O)cc1. The van der Waals surface area contributed by atoms with Gasteiger partial charge in [0.25, 0.3) is 0 Å². The van der Waals surface area contributed by atoms with Gasteiger partial charge in [-0.1, -0.05) is 24.3 Å². The van der Waals surface area contributed by atoms with Crippen molar-refractivity contribution in [2.75, 3.05) is 5.32 Å². The summed E-state index contributed by atoms with van der Waals surface area (Å²) in [5.41, 5.74) is 4.29. The molecule has 2 heterocycles. The fourth-order valence-electron chi connectivity index (χ4n) is 3.39. The molecule has 0 saturated carbocycles. The number of aromatic hydroxyl groups is 1. The van der Waals surface area contributed by atoms with E-state index in [2.05, 4.69) is 10.3 Å². The highest BCUT2D eigenvalue weighted by molar-refractivity contribution is 5.97. The third-order valence-corrected chi connectivity index (χ3v) is 4.42. The first-order valence-electron chi connectivity index (χ1n) is 7.81. The minimum atomic E-state index is -0.272. The van der Waals surface area contributed by atoms with E-state index in [1.54, 1.807) is 19.1 Å². The summed E-state index contributed by atoms with van der Waals surface area (Å²) in [6.45, 7) is 3.48. The second-order valence-electron chi connectivity index (χ2n) is 6.01. The molecule has 1 unspecified atom stereocenters. The van der Waals surface area contributed by atoms with E-state index in [4.69, 9.17) is 0 Å². The van der Waals surface area contributed by atoms with Gasteiger partial charge in [-0.05, 0) is 43.7 Å². The molecule has 120 valence electrons. The Hall–Kier alpha value is -3.08. The van der Waals surface area contributed by atoms with Crippen LogP contribution in [0, 0.1) is 0 Å². The Morgan fingerprint density at radius 1 is 1.17 bits per heavy atom. The number of hydrogen-bond acceptors (Lipinski definition) is 4. The number of allylic oxidation sites excluding steroid dienone is 2. The lowest BCUT2D eigenvalue weighted by Gasteiger charge is -2.30. The van der Waals surface area contributed by atoms with E-state index >= 15 is 0 Å². The maximum atomic E-state index is 12.3. The number of carbonyl (C=O) groups is 1. The Labute approximate surface area is 139 Å². The molecule has 1 aromatic heterocycles. The van der Waals surface area contributed by atoms with Gasteiger partial charge in [-0.2, -0.15) is 0 Å². The number of anilines is 1. The molecule has 24 heavy (non-hydrogen) atoms. The van der Waals surface area contributed by atoms with Crippen LogP contribution in [0.25, 0.3) is 11.0 Å². The van der Waals surface area contributed by atoms with Crippen LogP contribution in [0.4, 0.5) is 5.95 Å². The molecule has 1 aliphatic rings. The first kappa shape index (κ1) is 14.5. The van der Waals surface area contributed by atoms with Crippen molar-refractivity contribution in [3.63, 3.8) is 0 Å². The van der Waals surface area contributed by atoms with Crippen molar-refractivity contribution in [1.82, 2.24) is 9.55 Å². The second kappa shape index (κ2) is 5.23. The number of phenols is 1. The van der Waals surface area contributed by atoms with E-state index in [-0.39, 0.29) is 17.6 Å². The fraction of sp³-hybridized carbons (Fsp3) is 0.158. The summed E-state index contributed by atoms with van der Waals surface area (Å²) < 4.78 is 2.05. The first-order chi connectivity index (χ1) is 11.6. The number of imidazole rings is 1. The molecule has 5 nitrogen and oxygen atoms in total. The van der Waals surface area contributed by atoms with Gasteiger partial charge >= 0.3 is 0 Å². The smallest absolute Gasteiger partial charge is 0.209 e. The third kappa shape index (κ3) is 2.09. The number of para-hydroxylation sites is 2. The third-order valence-electron chi connectivity index (χ3n) is 4.42. The van der Waals surface area contributed by atoms with E-state index < -0.39 is 0 Å². The van der Waals surface area contributed by atoms with Gasteiger partial charge < -0.3 is 10.4 Å². The number of ketones is 1. The van der Waals surface area contributed by atoms with Crippen LogP contribution in [0.3, 0.4) is 0 Å². The molecule has 0 bridgehead atoms. The molecule has 2 N–H and O–H groups in total. The Morgan fingerprint density at radius 2 is 1.88 bits per heavy atom. The quantitative estimate of drug-likeness (QED) is 0.757. The van der Waals surface area contributed by atoms with Gasteiger partial charge in [-0.25, -0.2) is 4.98 Å². The summed E-state index contributed by atoms with van der Waals surface area (Å²) in [4.78, 5) is 17.0. The van der Waals surface area contributed by atoms with Crippen LogP contribution in [0.1, 0.15) is 25.5 Å². The Bertz CT molecular complexity index is 984. The Kier molecular flexibility index (Phi) is 3.16. The largest absolute Gasteiger partial charge is 0.508 e. The zero-order valence-corrected chi connectivity index (χ0v) is 13.4. The van der Waals surface area contributed by atoms with Crippen molar-refractivity contribution in [2.45, 2.75) is 19.9 Å². The number of nitrogens with one attached hydrogen (secondary N) is 1. The van der Waals surface area contributed by atoms with E-state index in [1.807, 2.05) is 47.9 Å². The molecule has 0 spiro atoms. The van der Waals surface area contributed by atoms with Crippen molar-refractivity contribution in [2.24, 2.45) is 0 Å². The van der Waals surface area contributed by atoms with Gasteiger partial charge in [0.1, 0.15) is 5.75 Å². The van der Waals surface area contributed by atoms with Gasteiger partial charge in [0.15, 0.2) is 5.78 Å². The zero-order valence-electron chi connectivity index (χ0n) is 13.4. The van der Waals surface area contributed by atoms with Crippen molar-refractivity contribution < 1.29 is 9.90 Å². The van der Waals surface area contributed by atoms with Crippen molar-refractivity contribution in [3.05, 3.63) is 65.4 Å². The molecule has 0 saturated heterocycles. The van der Waals surface area contributed by atoms with Gasteiger partial charge in [-0.3, -0.25) is 9.36 Å². The van der Waals surface area contributed by atoms with Crippen LogP contribution >= 0.6 is 0 Å². The van der Waals surface area contributed by atoms with Crippen LogP contribution < -0.4 is 5.32 Å². The average Bonchev–Trinajstić information content (AvgIpc) is 2.92. The fourth-order valence-corrected chi connectivity index (χ4v) is 3.39. The van der Waals surface area contributed by atoms with E-state index in [1.165, 1.54) is 0 Å².